The lowest BCUT2D eigenvalue weighted by atomic mass is 10.2. The molecule has 1 unspecified atom stereocenters. The number of carbonyl (C=O) groups excluding carboxylic acids is 2. The maximum atomic E-state index is 11.5. The Kier molecular flexibility index (Phi) is 2.58. The average Bonchev–Trinajstić information content (AvgIpc) is 2.84. The van der Waals surface area contributed by atoms with Crippen LogP contribution >= 0.6 is 0 Å². The Morgan fingerprint density at radius 3 is 3.00 bits per heavy atom. The molecule has 1 atom stereocenters. The van der Waals surface area contributed by atoms with Crippen molar-refractivity contribution in [2.24, 2.45) is 0 Å². The number of ether oxygens (including phenoxy) is 1. The Hall–Kier alpha value is -1.58. The molecule has 0 bridgehead atoms. The summed E-state index contributed by atoms with van der Waals surface area (Å²) >= 11 is 0. The van der Waals surface area contributed by atoms with E-state index in [4.69, 9.17) is 0 Å². The van der Waals surface area contributed by atoms with E-state index in [1.54, 1.807) is 18.5 Å². The molecule has 1 fully saturated rings. The second-order valence-electron chi connectivity index (χ2n) is 3.71. The van der Waals surface area contributed by atoms with Gasteiger partial charge in [-0.15, -0.1) is 0 Å². The highest BCUT2D eigenvalue weighted by molar-refractivity contribution is 5.89. The zero-order valence-electron chi connectivity index (χ0n) is 8.60. The van der Waals surface area contributed by atoms with Gasteiger partial charge in [-0.3, -0.25) is 4.79 Å². The molecule has 1 aliphatic rings. The quantitative estimate of drug-likeness (QED) is 0.691. The first kappa shape index (κ1) is 9.96. The van der Waals surface area contributed by atoms with Gasteiger partial charge in [0.15, 0.2) is 5.78 Å². The van der Waals surface area contributed by atoms with Crippen molar-refractivity contribution in [3.8, 4) is 0 Å². The molecule has 0 saturated heterocycles. The molecule has 0 aromatic carbocycles. The average molecular weight is 207 g/mol. The van der Waals surface area contributed by atoms with E-state index in [0.717, 1.165) is 12.8 Å². The fraction of sp³-hybridized carbons (Fsp3) is 0.455. The molecule has 80 valence electrons. The van der Waals surface area contributed by atoms with Crippen LogP contribution in [0.5, 0.6) is 0 Å². The number of nitrogens with zero attached hydrogens (tertiary/aromatic N) is 1. The lowest BCUT2D eigenvalue weighted by Gasteiger charge is -2.09. The third-order valence-electron chi connectivity index (χ3n) is 2.77. The van der Waals surface area contributed by atoms with Gasteiger partial charge < -0.3 is 9.30 Å². The van der Waals surface area contributed by atoms with Crippen molar-refractivity contribution < 1.29 is 14.3 Å². The standard InChI is InChI=1S/C11H13NO3/c1-15-11(14)8-5-6-12(7-8)9-3-2-4-10(9)13/h5-7,9H,2-4H2,1H3. The lowest BCUT2D eigenvalue weighted by molar-refractivity contribution is -0.120. The van der Waals surface area contributed by atoms with Gasteiger partial charge in [-0.1, -0.05) is 0 Å². The Balaban J connectivity index is 2.19. The van der Waals surface area contributed by atoms with E-state index in [2.05, 4.69) is 4.74 Å². The summed E-state index contributed by atoms with van der Waals surface area (Å²) < 4.78 is 6.41. The molecule has 0 N–H and O–H groups in total. The molecular formula is C11H13NO3. The van der Waals surface area contributed by atoms with Gasteiger partial charge >= 0.3 is 5.97 Å². The van der Waals surface area contributed by atoms with Gasteiger partial charge in [0.1, 0.15) is 0 Å². The summed E-state index contributed by atoms with van der Waals surface area (Å²) in [4.78, 5) is 22.7. The first-order valence-electron chi connectivity index (χ1n) is 5.01. The van der Waals surface area contributed by atoms with Crippen LogP contribution in [0.2, 0.25) is 0 Å². The maximum absolute atomic E-state index is 11.5. The molecule has 2 rings (SSSR count). The van der Waals surface area contributed by atoms with Crippen LogP contribution in [0.3, 0.4) is 0 Å². The van der Waals surface area contributed by atoms with Gasteiger partial charge in [0.25, 0.3) is 0 Å². The summed E-state index contributed by atoms with van der Waals surface area (Å²) in [5, 5.41) is 0. The number of Topliss-reactive ketones (excluding diaryl/α,β-unsaturated/α-hetero) is 1. The van der Waals surface area contributed by atoms with Gasteiger partial charge in [-0.2, -0.15) is 0 Å². The van der Waals surface area contributed by atoms with E-state index >= 15 is 0 Å². The zero-order valence-corrected chi connectivity index (χ0v) is 8.60. The first-order valence-corrected chi connectivity index (χ1v) is 5.01. The van der Waals surface area contributed by atoms with Crippen LogP contribution in [-0.2, 0) is 9.53 Å². The number of hydrogen-bond acceptors (Lipinski definition) is 3. The first-order chi connectivity index (χ1) is 7.22. The smallest absolute Gasteiger partial charge is 0.339 e. The van der Waals surface area contributed by atoms with Crippen molar-refractivity contribution >= 4 is 11.8 Å². The number of methoxy groups -OCH3 is 1. The van der Waals surface area contributed by atoms with Crippen LogP contribution in [0.4, 0.5) is 0 Å². The van der Waals surface area contributed by atoms with Crippen LogP contribution in [-0.4, -0.2) is 23.4 Å². The predicted octanol–water partition coefficient (Wildman–Crippen LogP) is 1.57. The summed E-state index contributed by atoms with van der Waals surface area (Å²) in [6.07, 6.45) is 5.90. The highest BCUT2D eigenvalue weighted by Crippen LogP contribution is 2.26. The van der Waals surface area contributed by atoms with Gasteiger partial charge in [0.2, 0.25) is 0 Å². The number of ketones is 1. The van der Waals surface area contributed by atoms with Gasteiger partial charge in [0.05, 0.1) is 18.7 Å². The fourth-order valence-electron chi connectivity index (χ4n) is 1.96. The summed E-state index contributed by atoms with van der Waals surface area (Å²) in [6, 6.07) is 1.60. The Labute approximate surface area is 87.8 Å². The van der Waals surface area contributed by atoms with Crippen molar-refractivity contribution in [2.45, 2.75) is 25.3 Å². The molecule has 0 aliphatic heterocycles. The SMILES string of the molecule is COC(=O)c1ccn(C2CCCC2=O)c1. The predicted molar refractivity (Wildman–Crippen MR) is 53.7 cm³/mol. The highest BCUT2D eigenvalue weighted by Gasteiger charge is 2.25. The molecule has 0 amide bonds. The van der Waals surface area contributed by atoms with Gasteiger partial charge in [-0.05, 0) is 18.9 Å². The van der Waals surface area contributed by atoms with E-state index in [1.807, 2.05) is 4.57 Å². The lowest BCUT2D eigenvalue weighted by Crippen LogP contribution is -2.11. The summed E-state index contributed by atoms with van der Waals surface area (Å²) in [7, 11) is 1.35. The molecule has 0 spiro atoms. The molecule has 0 radical (unpaired) electrons. The Morgan fingerprint density at radius 1 is 1.60 bits per heavy atom. The number of carbonyl (C=O) groups is 2. The minimum absolute atomic E-state index is 0.0802. The van der Waals surface area contributed by atoms with Crippen LogP contribution < -0.4 is 0 Å². The molecule has 1 aromatic rings. The maximum Gasteiger partial charge on any atom is 0.339 e. The number of esters is 1. The van der Waals surface area contributed by atoms with Crippen molar-refractivity contribution in [3.05, 3.63) is 24.0 Å². The Bertz CT molecular complexity index is 394. The number of aromatic nitrogens is 1. The molecule has 4 nitrogen and oxygen atoms in total. The molecule has 4 heteroatoms. The van der Waals surface area contributed by atoms with Crippen LogP contribution in [0.1, 0.15) is 35.7 Å². The van der Waals surface area contributed by atoms with Crippen LogP contribution in [0.15, 0.2) is 18.5 Å². The van der Waals surface area contributed by atoms with E-state index in [0.29, 0.717) is 12.0 Å². The molecule has 15 heavy (non-hydrogen) atoms. The zero-order chi connectivity index (χ0) is 10.8. The topological polar surface area (TPSA) is 48.3 Å². The van der Waals surface area contributed by atoms with Crippen molar-refractivity contribution in [1.29, 1.82) is 0 Å². The minimum Gasteiger partial charge on any atom is -0.465 e. The molecule has 1 saturated carbocycles. The minimum atomic E-state index is -0.362. The number of hydrogen-bond donors (Lipinski definition) is 0. The summed E-state index contributed by atoms with van der Waals surface area (Å²) in [5.74, 6) is -0.110. The van der Waals surface area contributed by atoms with Crippen molar-refractivity contribution in [2.75, 3.05) is 7.11 Å². The summed E-state index contributed by atoms with van der Waals surface area (Å²) in [6.45, 7) is 0. The van der Waals surface area contributed by atoms with Crippen LogP contribution in [0, 0.1) is 0 Å². The van der Waals surface area contributed by atoms with E-state index in [9.17, 15) is 9.59 Å². The van der Waals surface area contributed by atoms with Gasteiger partial charge in [-0.25, -0.2) is 4.79 Å². The third kappa shape index (κ3) is 1.79. The normalized spacial score (nSPS) is 20.6. The molecular weight excluding hydrogens is 194 g/mol. The second kappa shape index (κ2) is 3.88. The molecule has 1 aliphatic carbocycles. The Morgan fingerprint density at radius 2 is 2.40 bits per heavy atom. The number of rotatable bonds is 2. The van der Waals surface area contributed by atoms with Crippen molar-refractivity contribution in [1.82, 2.24) is 4.57 Å². The largest absolute Gasteiger partial charge is 0.465 e. The fourth-order valence-corrected chi connectivity index (χ4v) is 1.96. The van der Waals surface area contributed by atoms with Crippen LogP contribution in [0.25, 0.3) is 0 Å². The monoisotopic (exact) mass is 207 g/mol. The van der Waals surface area contributed by atoms with E-state index in [-0.39, 0.29) is 17.8 Å². The van der Waals surface area contributed by atoms with Gasteiger partial charge in [0, 0.05) is 18.8 Å². The highest BCUT2D eigenvalue weighted by atomic mass is 16.5. The third-order valence-corrected chi connectivity index (χ3v) is 2.77. The summed E-state index contributed by atoms with van der Waals surface area (Å²) in [5.41, 5.74) is 0.497. The second-order valence-corrected chi connectivity index (χ2v) is 3.71. The molecule has 1 heterocycles. The van der Waals surface area contributed by atoms with E-state index < -0.39 is 0 Å². The molecule has 1 aromatic heterocycles. The van der Waals surface area contributed by atoms with E-state index in [1.165, 1.54) is 7.11 Å². The van der Waals surface area contributed by atoms with Crippen molar-refractivity contribution in [3.63, 3.8) is 0 Å².